The van der Waals surface area contributed by atoms with E-state index in [1.165, 1.54) is 13.3 Å². The topological polar surface area (TPSA) is 70.1 Å². The number of ether oxygens (including phenoxy) is 4. The molecule has 1 aliphatic rings. The van der Waals surface area contributed by atoms with Crippen LogP contribution in [0, 0.1) is 5.92 Å². The first-order valence-corrected chi connectivity index (χ1v) is 7.59. The average Bonchev–Trinajstić information content (AvgIpc) is 2.61. The number of methoxy groups -OCH3 is 3. The fourth-order valence-electron chi connectivity index (χ4n) is 2.85. The van der Waals surface area contributed by atoms with E-state index in [0.717, 1.165) is 25.1 Å². The van der Waals surface area contributed by atoms with Gasteiger partial charge in [-0.3, -0.25) is 4.98 Å². The third-order valence-electron chi connectivity index (χ3n) is 4.00. The quantitative estimate of drug-likeness (QED) is 0.429. The normalized spacial score (nSPS) is 21.3. The number of hydrogen-bond donors (Lipinski definition) is 0. The molecule has 1 saturated heterocycles. The van der Waals surface area contributed by atoms with E-state index in [1.54, 1.807) is 20.4 Å². The number of rotatable bonds is 7. The minimum atomic E-state index is -0.395. The van der Waals surface area contributed by atoms with Crippen LogP contribution in [0.15, 0.2) is 18.5 Å². The first-order valence-electron chi connectivity index (χ1n) is 7.59. The molecule has 1 aromatic heterocycles. The molecule has 0 aromatic carbocycles. The molecule has 0 saturated carbocycles. The van der Waals surface area contributed by atoms with Crippen LogP contribution in [0.25, 0.3) is 0 Å². The van der Waals surface area contributed by atoms with Crippen molar-refractivity contribution >= 4 is 11.7 Å². The van der Waals surface area contributed by atoms with Crippen LogP contribution in [-0.2, 0) is 18.9 Å². The molecule has 2 atom stereocenters. The van der Waals surface area contributed by atoms with E-state index in [1.807, 2.05) is 6.07 Å². The Morgan fingerprint density at radius 2 is 2.22 bits per heavy atom. The number of pyridine rings is 1. The highest BCUT2D eigenvalue weighted by molar-refractivity contribution is 5.95. The van der Waals surface area contributed by atoms with Gasteiger partial charge in [-0.15, -0.1) is 0 Å². The van der Waals surface area contributed by atoms with E-state index in [0.29, 0.717) is 24.9 Å². The van der Waals surface area contributed by atoms with Crippen LogP contribution in [0.3, 0.4) is 0 Å². The van der Waals surface area contributed by atoms with Crippen LogP contribution < -0.4 is 4.90 Å². The van der Waals surface area contributed by atoms with E-state index in [2.05, 4.69) is 9.88 Å². The number of aromatic nitrogens is 1. The Morgan fingerprint density at radius 3 is 2.91 bits per heavy atom. The second-order valence-corrected chi connectivity index (χ2v) is 5.44. The van der Waals surface area contributed by atoms with Crippen molar-refractivity contribution in [1.82, 2.24) is 4.98 Å². The number of piperidine rings is 1. The fraction of sp³-hybridized carbons (Fsp3) is 0.625. The Morgan fingerprint density at radius 1 is 1.39 bits per heavy atom. The van der Waals surface area contributed by atoms with E-state index in [9.17, 15) is 4.79 Å². The molecule has 128 valence electrons. The van der Waals surface area contributed by atoms with Crippen LogP contribution in [-0.4, -0.2) is 58.5 Å². The van der Waals surface area contributed by atoms with Gasteiger partial charge in [0.25, 0.3) is 0 Å². The molecule has 0 amide bonds. The van der Waals surface area contributed by atoms with Crippen molar-refractivity contribution in [2.24, 2.45) is 5.92 Å². The van der Waals surface area contributed by atoms with Crippen molar-refractivity contribution in [1.29, 1.82) is 0 Å². The number of carbonyl (C=O) groups excluding carboxylic acids is 1. The maximum Gasteiger partial charge on any atom is 0.341 e. The summed E-state index contributed by atoms with van der Waals surface area (Å²) in [4.78, 5) is 18.1. The zero-order valence-electron chi connectivity index (χ0n) is 13.9. The summed E-state index contributed by atoms with van der Waals surface area (Å²) >= 11 is 0. The predicted octanol–water partition coefficient (Wildman–Crippen LogP) is 1.68. The zero-order chi connectivity index (χ0) is 16.7. The second-order valence-electron chi connectivity index (χ2n) is 5.44. The number of nitrogens with zero attached hydrogens (tertiary/aromatic N) is 2. The molecule has 0 radical (unpaired) electrons. The highest BCUT2D eigenvalue weighted by atomic mass is 16.7. The maximum absolute atomic E-state index is 11.9. The minimum Gasteiger partial charge on any atom is -0.465 e. The van der Waals surface area contributed by atoms with Crippen molar-refractivity contribution in [2.45, 2.75) is 19.1 Å². The van der Waals surface area contributed by atoms with E-state index in [4.69, 9.17) is 18.9 Å². The monoisotopic (exact) mass is 324 g/mol. The SMILES string of the molecule is COCOCC1CCN(c2ccncc2C(=O)OC)C(OC)C1. The summed E-state index contributed by atoms with van der Waals surface area (Å²) in [6, 6.07) is 1.82. The smallest absolute Gasteiger partial charge is 0.341 e. The van der Waals surface area contributed by atoms with Crippen molar-refractivity contribution in [3.8, 4) is 0 Å². The van der Waals surface area contributed by atoms with Crippen LogP contribution in [0.5, 0.6) is 0 Å². The third-order valence-corrected chi connectivity index (χ3v) is 4.00. The number of carbonyl (C=O) groups is 1. The molecular formula is C16H24N2O5. The van der Waals surface area contributed by atoms with Crippen LogP contribution in [0.2, 0.25) is 0 Å². The highest BCUT2D eigenvalue weighted by Crippen LogP contribution is 2.31. The van der Waals surface area contributed by atoms with Gasteiger partial charge in [-0.2, -0.15) is 0 Å². The van der Waals surface area contributed by atoms with E-state index < -0.39 is 5.97 Å². The molecule has 1 aliphatic heterocycles. The van der Waals surface area contributed by atoms with Gasteiger partial charge in [0.2, 0.25) is 0 Å². The molecule has 0 aliphatic carbocycles. The lowest BCUT2D eigenvalue weighted by Gasteiger charge is -2.40. The summed E-state index contributed by atoms with van der Waals surface area (Å²) < 4.78 is 20.8. The van der Waals surface area contributed by atoms with Gasteiger partial charge in [0.05, 0.1) is 19.4 Å². The first-order chi connectivity index (χ1) is 11.2. The minimum absolute atomic E-state index is 0.120. The average molecular weight is 324 g/mol. The van der Waals surface area contributed by atoms with Crippen molar-refractivity contribution in [3.63, 3.8) is 0 Å². The van der Waals surface area contributed by atoms with Crippen LogP contribution >= 0.6 is 0 Å². The van der Waals surface area contributed by atoms with Gasteiger partial charge in [0.1, 0.15) is 18.6 Å². The molecule has 0 bridgehead atoms. The Hall–Kier alpha value is -1.70. The van der Waals surface area contributed by atoms with Crippen molar-refractivity contribution in [3.05, 3.63) is 24.0 Å². The molecule has 1 fully saturated rings. The zero-order valence-corrected chi connectivity index (χ0v) is 13.9. The Balaban J connectivity index is 2.10. The van der Waals surface area contributed by atoms with Gasteiger partial charge in [-0.1, -0.05) is 0 Å². The van der Waals surface area contributed by atoms with Crippen LogP contribution in [0.4, 0.5) is 5.69 Å². The Bertz CT molecular complexity index is 511. The molecule has 0 spiro atoms. The number of esters is 1. The van der Waals surface area contributed by atoms with Crippen LogP contribution in [0.1, 0.15) is 23.2 Å². The summed E-state index contributed by atoms with van der Waals surface area (Å²) in [6.45, 7) is 1.71. The molecule has 7 nitrogen and oxygen atoms in total. The Labute approximate surface area is 136 Å². The van der Waals surface area contributed by atoms with Crippen molar-refractivity contribution in [2.75, 3.05) is 46.2 Å². The summed E-state index contributed by atoms with van der Waals surface area (Å²) in [7, 11) is 4.65. The van der Waals surface area contributed by atoms with Gasteiger partial charge >= 0.3 is 5.97 Å². The molecule has 1 aromatic rings. The Kier molecular flexibility index (Phi) is 6.76. The van der Waals surface area contributed by atoms with Gasteiger partial charge in [0.15, 0.2) is 0 Å². The number of anilines is 1. The number of hydrogen-bond acceptors (Lipinski definition) is 7. The first kappa shape index (κ1) is 17.7. The molecule has 0 N–H and O–H groups in total. The lowest BCUT2D eigenvalue weighted by molar-refractivity contribution is -0.0550. The maximum atomic E-state index is 11.9. The van der Waals surface area contributed by atoms with Gasteiger partial charge in [-0.05, 0) is 24.8 Å². The lowest BCUT2D eigenvalue weighted by atomic mass is 9.95. The molecule has 2 rings (SSSR count). The lowest BCUT2D eigenvalue weighted by Crippen LogP contribution is -2.45. The molecule has 7 heteroatoms. The molecular weight excluding hydrogens is 300 g/mol. The summed E-state index contributed by atoms with van der Waals surface area (Å²) in [6.07, 6.45) is 4.85. The van der Waals surface area contributed by atoms with Gasteiger partial charge < -0.3 is 23.8 Å². The van der Waals surface area contributed by atoms with Crippen molar-refractivity contribution < 1.29 is 23.7 Å². The molecule has 23 heavy (non-hydrogen) atoms. The third kappa shape index (κ3) is 4.40. The van der Waals surface area contributed by atoms with Gasteiger partial charge in [-0.25, -0.2) is 4.79 Å². The highest BCUT2D eigenvalue weighted by Gasteiger charge is 2.31. The summed E-state index contributed by atoms with van der Waals surface area (Å²) in [5.74, 6) is 0.00303. The fourth-order valence-corrected chi connectivity index (χ4v) is 2.85. The summed E-state index contributed by atoms with van der Waals surface area (Å²) in [5, 5.41) is 0. The molecule has 2 heterocycles. The largest absolute Gasteiger partial charge is 0.465 e. The second kappa shape index (κ2) is 8.81. The standard InChI is InChI=1S/C16H24N2O5/c1-20-11-23-10-12-5-7-18(15(8-12)21-2)14-4-6-17-9-13(14)16(19)22-3/h4,6,9,12,15H,5,7-8,10-11H2,1-3H3. The summed E-state index contributed by atoms with van der Waals surface area (Å²) in [5.41, 5.74) is 1.24. The predicted molar refractivity (Wildman–Crippen MR) is 84.3 cm³/mol. The van der Waals surface area contributed by atoms with Gasteiger partial charge in [0, 0.05) is 33.2 Å². The van der Waals surface area contributed by atoms with E-state index >= 15 is 0 Å². The molecule has 2 unspecified atom stereocenters. The van der Waals surface area contributed by atoms with E-state index in [-0.39, 0.29) is 6.23 Å².